The second-order valence-corrected chi connectivity index (χ2v) is 34.6. The lowest BCUT2D eigenvalue weighted by molar-refractivity contribution is 0.0194. The van der Waals surface area contributed by atoms with Crippen molar-refractivity contribution in [2.75, 3.05) is 52.5 Å². The van der Waals surface area contributed by atoms with Crippen LogP contribution in [0.5, 0.6) is 0 Å². The van der Waals surface area contributed by atoms with E-state index in [1.807, 2.05) is 60.5 Å². The lowest BCUT2D eigenvalue weighted by atomic mass is 9.71. The quantitative estimate of drug-likeness (QED) is 0.132. The molecule has 65 heavy (non-hydrogen) atoms. The number of hydrogen-bond acceptors (Lipinski definition) is 10. The highest BCUT2D eigenvalue weighted by atomic mass is 28.3. The summed E-state index contributed by atoms with van der Waals surface area (Å²) in [4.78, 5) is 72.2. The molecule has 1 spiro atoms. The number of likely N-dealkylation sites (tertiary alicyclic amines) is 4. The molecule has 18 heteroatoms. The molecule has 4 aliphatic heterocycles. The van der Waals surface area contributed by atoms with E-state index in [1.165, 1.54) is 0 Å². The second kappa shape index (κ2) is 20.2. The zero-order valence-electron chi connectivity index (χ0n) is 41.8. The summed E-state index contributed by atoms with van der Waals surface area (Å²) < 4.78 is 27.7. The van der Waals surface area contributed by atoms with E-state index in [-0.39, 0.29) is 55.0 Å². The molecule has 0 radical (unpaired) electrons. The first-order valence-electron chi connectivity index (χ1n) is 24.2. The summed E-state index contributed by atoms with van der Waals surface area (Å²) in [5, 5.41) is 0. The van der Waals surface area contributed by atoms with Crippen molar-refractivity contribution in [3.05, 3.63) is 35.4 Å². The maximum atomic E-state index is 14.2. The normalized spacial score (nSPS) is 20.8. The Morgan fingerprint density at radius 1 is 0.600 bits per heavy atom. The summed E-state index contributed by atoms with van der Waals surface area (Å²) in [6.45, 7) is 30.4. The van der Waals surface area contributed by atoms with E-state index < -0.39 is 27.3 Å². The first-order valence-corrected chi connectivity index (χ1v) is 31.6. The molecule has 2 atom stereocenters. The van der Waals surface area contributed by atoms with Crippen molar-refractivity contribution in [1.29, 1.82) is 0 Å². The first-order chi connectivity index (χ1) is 30.3. The number of piperidine rings is 2. The zero-order valence-corrected chi connectivity index (χ0v) is 43.8. The van der Waals surface area contributed by atoms with Gasteiger partial charge in [-0.05, 0) is 110 Å². The van der Waals surface area contributed by atoms with E-state index in [0.717, 1.165) is 63.5 Å². The zero-order chi connectivity index (χ0) is 47.5. The molecule has 4 amide bonds. The minimum absolute atomic E-state index is 0.0343. The van der Waals surface area contributed by atoms with Gasteiger partial charge in [-0.2, -0.15) is 0 Å². The summed E-state index contributed by atoms with van der Waals surface area (Å²) in [6, 6.07) is 1.42. The monoisotopic (exact) mass is 941 g/mol. The minimum Gasteiger partial charge on any atom is -0.444 e. The number of carbonyl (C=O) groups excluding carboxylic acids is 4. The molecule has 4 fully saturated rings. The highest BCUT2D eigenvalue weighted by Gasteiger charge is 2.42. The van der Waals surface area contributed by atoms with Crippen LogP contribution < -0.4 is 0 Å². The Balaban J connectivity index is 1.10. The number of ether oxygens (including phenoxy) is 4. The summed E-state index contributed by atoms with van der Waals surface area (Å²) >= 11 is 0. The van der Waals surface area contributed by atoms with Gasteiger partial charge in [0.05, 0.1) is 12.1 Å². The van der Waals surface area contributed by atoms with Gasteiger partial charge in [0.1, 0.15) is 47.7 Å². The number of hydrogen-bond donors (Lipinski definition) is 0. The maximum absolute atomic E-state index is 14.2. The van der Waals surface area contributed by atoms with Crippen LogP contribution in [0.15, 0.2) is 12.4 Å². The van der Waals surface area contributed by atoms with Gasteiger partial charge in [-0.25, -0.2) is 19.6 Å². The molecule has 4 saturated heterocycles. The van der Waals surface area contributed by atoms with Gasteiger partial charge in [0.25, 0.3) is 11.8 Å². The largest absolute Gasteiger partial charge is 0.444 e. The highest BCUT2D eigenvalue weighted by Crippen LogP contribution is 2.42. The van der Waals surface area contributed by atoms with Gasteiger partial charge < -0.3 is 37.9 Å². The fourth-order valence-electron chi connectivity index (χ4n) is 9.23. The van der Waals surface area contributed by atoms with Crippen LogP contribution in [0.1, 0.15) is 138 Å². The molecule has 0 aliphatic carbocycles. The molecular formula is C47H80N8O8Si2. The third-order valence-corrected chi connectivity index (χ3v) is 16.5. The molecule has 0 bridgehead atoms. The van der Waals surface area contributed by atoms with Gasteiger partial charge in [-0.3, -0.25) is 19.4 Å². The van der Waals surface area contributed by atoms with Crippen molar-refractivity contribution < 1.29 is 38.1 Å². The lowest BCUT2D eigenvalue weighted by Crippen LogP contribution is -2.49. The Labute approximate surface area is 390 Å². The molecule has 364 valence electrons. The van der Waals surface area contributed by atoms with E-state index in [2.05, 4.69) is 39.3 Å². The minimum atomic E-state index is -1.31. The van der Waals surface area contributed by atoms with Crippen molar-refractivity contribution >= 4 is 40.1 Å². The van der Waals surface area contributed by atoms with Crippen molar-refractivity contribution in [3.8, 4) is 0 Å². The van der Waals surface area contributed by atoms with Crippen LogP contribution in [0.2, 0.25) is 51.4 Å². The molecule has 0 saturated carbocycles. The average Bonchev–Trinajstić information content (AvgIpc) is 4.02. The number of aromatic nitrogens is 4. The topological polar surface area (TPSA) is 154 Å². The molecule has 16 nitrogen and oxygen atoms in total. The van der Waals surface area contributed by atoms with E-state index in [4.69, 9.17) is 28.9 Å². The molecule has 6 rings (SSSR count). The Kier molecular flexibility index (Phi) is 15.8. The summed E-state index contributed by atoms with van der Waals surface area (Å²) in [7, 11) is -2.62. The smallest absolute Gasteiger partial charge is 0.410 e. The Morgan fingerprint density at radius 3 is 1.28 bits per heavy atom. The van der Waals surface area contributed by atoms with E-state index >= 15 is 0 Å². The number of imidazole rings is 2. The summed E-state index contributed by atoms with van der Waals surface area (Å²) in [5.41, 5.74) is -0.482. The summed E-state index contributed by atoms with van der Waals surface area (Å²) in [5.74, 6) is 1.09. The molecule has 4 aliphatic rings. The van der Waals surface area contributed by atoms with Gasteiger partial charge in [0.15, 0.2) is 0 Å². The molecule has 6 heterocycles. The van der Waals surface area contributed by atoms with Gasteiger partial charge in [-0.15, -0.1) is 0 Å². The maximum Gasteiger partial charge on any atom is 0.410 e. The molecule has 2 aromatic rings. The van der Waals surface area contributed by atoms with Crippen molar-refractivity contribution in [2.45, 2.75) is 181 Å². The van der Waals surface area contributed by atoms with Crippen LogP contribution in [0.3, 0.4) is 0 Å². The van der Waals surface area contributed by atoms with Crippen LogP contribution in [0, 0.1) is 5.41 Å². The molecule has 0 unspecified atom stereocenters. The molecule has 0 N–H and O–H groups in total. The molecular weight excluding hydrogens is 861 g/mol. The fourth-order valence-corrected chi connectivity index (χ4v) is 10.7. The van der Waals surface area contributed by atoms with Gasteiger partial charge in [0.2, 0.25) is 0 Å². The van der Waals surface area contributed by atoms with E-state index in [1.54, 1.807) is 22.2 Å². The van der Waals surface area contributed by atoms with Crippen molar-refractivity contribution in [3.63, 3.8) is 0 Å². The number of carbonyl (C=O) groups is 4. The standard InChI is InChI=1S/C47H80N8O8Si2/c1-45(2,3)62-43(58)54-21-13-15-37(54)39-48-35(31-52(39)33-60-27-29-64(7,8)9)41(56)50-23-17-47(18-24-50)19-25-51(26-20-47)42(57)36-32-53(34-61-28-30-65(10,11)12)40(49-36)38-16-14-22-55(38)44(59)63-46(4,5)6/h31-32,37-38H,13-30,33-34H2,1-12H3/t37-,38-/m1/s1. The van der Waals surface area contributed by atoms with E-state index in [0.29, 0.717) is 75.5 Å². The van der Waals surface area contributed by atoms with Crippen molar-refractivity contribution in [1.82, 2.24) is 38.7 Å². The third-order valence-electron chi connectivity index (χ3n) is 13.1. The predicted molar refractivity (Wildman–Crippen MR) is 255 cm³/mol. The number of nitrogens with zero attached hydrogens (tertiary/aromatic N) is 8. The Bertz CT molecular complexity index is 1830. The van der Waals surface area contributed by atoms with Crippen LogP contribution in [0.25, 0.3) is 0 Å². The SMILES string of the molecule is CC(C)(C)OC(=O)N1CCC[C@@H]1c1nc(C(=O)N2CCC3(CC2)CCN(C(=O)c2cn(COCC[Si](C)(C)C)c([C@H]4CCCN4C(=O)OC(C)(C)C)n2)CC3)cn1COCC[Si](C)(C)C. The van der Waals surface area contributed by atoms with Gasteiger partial charge >= 0.3 is 12.2 Å². The molecule has 0 aromatic carbocycles. The third kappa shape index (κ3) is 13.7. The highest BCUT2D eigenvalue weighted by molar-refractivity contribution is 6.76. The predicted octanol–water partition coefficient (Wildman–Crippen LogP) is 9.01. The van der Waals surface area contributed by atoms with Gasteiger partial charge in [0, 0.05) is 81.0 Å². The Hall–Kier alpha value is -3.75. The van der Waals surface area contributed by atoms with E-state index in [9.17, 15) is 19.2 Å². The second-order valence-electron chi connectivity index (χ2n) is 23.4. The van der Waals surface area contributed by atoms with Crippen LogP contribution in [-0.4, -0.2) is 143 Å². The Morgan fingerprint density at radius 2 is 0.954 bits per heavy atom. The number of rotatable bonds is 14. The molecule has 2 aromatic heterocycles. The van der Waals surface area contributed by atoms with Gasteiger partial charge in [-0.1, -0.05) is 39.3 Å². The van der Waals surface area contributed by atoms with Crippen molar-refractivity contribution in [2.24, 2.45) is 5.41 Å². The first kappa shape index (κ1) is 50.7. The fraction of sp³-hybridized carbons (Fsp3) is 0.787. The lowest BCUT2D eigenvalue weighted by Gasteiger charge is -2.46. The van der Waals surface area contributed by atoms with Crippen LogP contribution >= 0.6 is 0 Å². The average molecular weight is 941 g/mol. The number of amides is 4. The summed E-state index contributed by atoms with van der Waals surface area (Å²) in [6.07, 6.45) is 9.36. The van der Waals surface area contributed by atoms with Crippen LogP contribution in [0.4, 0.5) is 9.59 Å². The van der Waals surface area contributed by atoms with Crippen LogP contribution in [-0.2, 0) is 32.4 Å².